The van der Waals surface area contributed by atoms with Gasteiger partial charge in [-0.3, -0.25) is 14.4 Å². The Morgan fingerprint density at radius 2 is 1.60 bits per heavy atom. The smallest absolute Gasteiger partial charge is 0.272 e. The Bertz CT molecular complexity index is 1840. The zero-order valence-corrected chi connectivity index (χ0v) is 25.6. The van der Waals surface area contributed by atoms with Crippen LogP contribution in [0.4, 0.5) is 15.2 Å². The fraction of sp³-hybridized carbons (Fsp3) is 0.0588. The second-order valence-corrected chi connectivity index (χ2v) is 11.4. The number of hydrogen-bond acceptors (Lipinski definition) is 7. The van der Waals surface area contributed by atoms with Crippen LogP contribution < -0.4 is 20.7 Å². The molecule has 1 heterocycles. The van der Waals surface area contributed by atoms with E-state index in [4.69, 9.17) is 4.74 Å². The molecule has 0 unspecified atom stereocenters. The van der Waals surface area contributed by atoms with Crippen LogP contribution in [0.25, 0.3) is 17.3 Å². The Labute approximate surface area is 267 Å². The molecule has 0 bridgehead atoms. The van der Waals surface area contributed by atoms with Gasteiger partial charge in [-0.15, -0.1) is 23.1 Å². The van der Waals surface area contributed by atoms with Crippen molar-refractivity contribution < 1.29 is 23.5 Å². The van der Waals surface area contributed by atoms with Crippen molar-refractivity contribution in [1.29, 1.82) is 0 Å². The minimum absolute atomic E-state index is 0.125. The van der Waals surface area contributed by atoms with Crippen molar-refractivity contribution in [1.82, 2.24) is 10.3 Å². The average molecular weight is 639 g/mol. The quantitative estimate of drug-likeness (QED) is 0.105. The van der Waals surface area contributed by atoms with Gasteiger partial charge in [0.25, 0.3) is 11.8 Å². The van der Waals surface area contributed by atoms with Crippen LogP contribution in [0.1, 0.15) is 15.9 Å². The molecule has 0 atom stereocenters. The number of anilines is 2. The fourth-order valence-electron chi connectivity index (χ4n) is 4.14. The number of carbonyl (C=O) groups excluding carboxylic acids is 3. The predicted molar refractivity (Wildman–Crippen MR) is 177 cm³/mol. The van der Waals surface area contributed by atoms with Crippen LogP contribution in [0.3, 0.4) is 0 Å². The molecule has 4 aromatic carbocycles. The number of methoxy groups -OCH3 is 1. The van der Waals surface area contributed by atoms with Gasteiger partial charge in [0, 0.05) is 32.7 Å². The van der Waals surface area contributed by atoms with Crippen molar-refractivity contribution in [2.45, 2.75) is 4.90 Å². The number of thiazole rings is 1. The largest absolute Gasteiger partial charge is 0.496 e. The third-order valence-electron chi connectivity index (χ3n) is 6.35. The predicted octanol–water partition coefficient (Wildman–Crippen LogP) is 7.10. The van der Waals surface area contributed by atoms with E-state index < -0.39 is 17.6 Å². The number of carbonyl (C=O) groups is 3. The van der Waals surface area contributed by atoms with Crippen molar-refractivity contribution in [2.75, 3.05) is 23.5 Å². The van der Waals surface area contributed by atoms with Gasteiger partial charge in [-0.1, -0.05) is 48.5 Å². The van der Waals surface area contributed by atoms with Gasteiger partial charge in [-0.2, -0.15) is 0 Å². The van der Waals surface area contributed by atoms with Crippen LogP contribution in [0.15, 0.2) is 119 Å². The van der Waals surface area contributed by atoms with E-state index in [0.29, 0.717) is 27.8 Å². The van der Waals surface area contributed by atoms with E-state index in [9.17, 15) is 18.8 Å². The highest BCUT2D eigenvalue weighted by molar-refractivity contribution is 8.00. The van der Waals surface area contributed by atoms with Crippen molar-refractivity contribution in [3.63, 3.8) is 0 Å². The number of halogens is 1. The van der Waals surface area contributed by atoms with Gasteiger partial charge in [0.15, 0.2) is 5.13 Å². The summed E-state index contributed by atoms with van der Waals surface area (Å²) in [5.41, 5.74) is 2.38. The Hall–Kier alpha value is -5.26. The summed E-state index contributed by atoms with van der Waals surface area (Å²) in [6.45, 7) is 0. The van der Waals surface area contributed by atoms with Crippen LogP contribution in [0, 0.1) is 5.82 Å². The standard InChI is InChI=1S/C34H27FN4O4S2/c1-43-30-14-8-6-12-26(30)29-20-45-34(38-29)39-31(40)21-44-25-17-15-24(16-18-25)36-33(42)28(19-23-11-5-7-13-27(23)35)37-32(41)22-9-3-2-4-10-22/h2-20H,21H2,1H3,(H,36,42)(H,37,41)(H,38,39,40)/b28-19-. The molecule has 0 fully saturated rings. The van der Waals surface area contributed by atoms with E-state index in [2.05, 4.69) is 20.9 Å². The number of thioether (sulfide) groups is 1. The molecule has 0 radical (unpaired) electrons. The highest BCUT2D eigenvalue weighted by atomic mass is 32.2. The van der Waals surface area contributed by atoms with Gasteiger partial charge >= 0.3 is 0 Å². The van der Waals surface area contributed by atoms with Gasteiger partial charge in [0.2, 0.25) is 5.91 Å². The first kappa shape index (κ1) is 31.2. The monoisotopic (exact) mass is 638 g/mol. The lowest BCUT2D eigenvalue weighted by Crippen LogP contribution is -2.30. The summed E-state index contributed by atoms with van der Waals surface area (Å²) in [5.74, 6) is -1.03. The highest BCUT2D eigenvalue weighted by Crippen LogP contribution is 2.32. The lowest BCUT2D eigenvalue weighted by atomic mass is 10.1. The zero-order chi connectivity index (χ0) is 31.6. The molecular formula is C34H27FN4O4S2. The summed E-state index contributed by atoms with van der Waals surface area (Å²) < 4.78 is 19.8. The van der Waals surface area contributed by atoms with Crippen LogP contribution >= 0.6 is 23.1 Å². The number of ether oxygens (including phenoxy) is 1. The number of nitrogens with one attached hydrogen (secondary N) is 3. The lowest BCUT2D eigenvalue weighted by molar-refractivity contribution is -0.114. The Balaban J connectivity index is 1.19. The van der Waals surface area contributed by atoms with Gasteiger partial charge in [-0.05, 0) is 60.7 Å². The van der Waals surface area contributed by atoms with Gasteiger partial charge in [0.05, 0.1) is 18.6 Å². The molecule has 3 N–H and O–H groups in total. The molecule has 1 aromatic heterocycles. The third kappa shape index (κ3) is 8.43. The first-order valence-corrected chi connectivity index (χ1v) is 15.5. The molecule has 0 aliphatic rings. The third-order valence-corrected chi connectivity index (χ3v) is 8.12. The Morgan fingerprint density at radius 1 is 0.889 bits per heavy atom. The molecule has 5 aromatic rings. The first-order valence-electron chi connectivity index (χ1n) is 13.6. The van der Waals surface area contributed by atoms with E-state index in [-0.39, 0.29) is 22.9 Å². The minimum Gasteiger partial charge on any atom is -0.496 e. The molecule has 45 heavy (non-hydrogen) atoms. The maximum Gasteiger partial charge on any atom is 0.272 e. The number of para-hydroxylation sites is 1. The summed E-state index contributed by atoms with van der Waals surface area (Å²) in [4.78, 5) is 43.9. The Kier molecular flexibility index (Phi) is 10.4. The highest BCUT2D eigenvalue weighted by Gasteiger charge is 2.16. The normalized spacial score (nSPS) is 11.0. The SMILES string of the molecule is COc1ccccc1-c1csc(NC(=O)CSc2ccc(NC(=O)/C(=C/c3ccccc3F)NC(=O)c3ccccc3)cc2)n1. The van der Waals surface area contributed by atoms with E-state index in [1.54, 1.807) is 67.8 Å². The zero-order valence-electron chi connectivity index (χ0n) is 24.0. The van der Waals surface area contributed by atoms with Crippen molar-refractivity contribution in [3.05, 3.63) is 131 Å². The Morgan fingerprint density at radius 3 is 2.36 bits per heavy atom. The van der Waals surface area contributed by atoms with E-state index in [1.807, 2.05) is 29.6 Å². The lowest BCUT2D eigenvalue weighted by Gasteiger charge is -2.12. The van der Waals surface area contributed by atoms with Crippen LogP contribution in [-0.4, -0.2) is 35.6 Å². The molecule has 226 valence electrons. The van der Waals surface area contributed by atoms with E-state index >= 15 is 0 Å². The van der Waals surface area contributed by atoms with Crippen molar-refractivity contribution in [2.24, 2.45) is 0 Å². The van der Waals surface area contributed by atoms with Gasteiger partial charge in [-0.25, -0.2) is 9.37 Å². The van der Waals surface area contributed by atoms with Crippen LogP contribution in [-0.2, 0) is 9.59 Å². The number of nitrogens with zero attached hydrogens (tertiary/aromatic N) is 1. The van der Waals surface area contributed by atoms with Gasteiger partial charge < -0.3 is 20.7 Å². The number of benzene rings is 4. The summed E-state index contributed by atoms with van der Waals surface area (Å²) >= 11 is 2.65. The number of hydrogen-bond donors (Lipinski definition) is 3. The summed E-state index contributed by atoms with van der Waals surface area (Å²) in [5, 5.41) is 10.5. The number of rotatable bonds is 11. The summed E-state index contributed by atoms with van der Waals surface area (Å²) in [6.07, 6.45) is 1.29. The molecule has 0 aliphatic carbocycles. The second kappa shape index (κ2) is 15.0. The molecule has 5 rings (SSSR count). The minimum atomic E-state index is -0.627. The van der Waals surface area contributed by atoms with Gasteiger partial charge in [0.1, 0.15) is 17.3 Å². The maximum atomic E-state index is 14.4. The first-order chi connectivity index (χ1) is 21.9. The summed E-state index contributed by atoms with van der Waals surface area (Å²) in [7, 11) is 1.60. The summed E-state index contributed by atoms with van der Waals surface area (Å²) in [6, 6.07) is 28.8. The van der Waals surface area contributed by atoms with E-state index in [0.717, 1.165) is 10.5 Å². The van der Waals surface area contributed by atoms with Crippen molar-refractivity contribution in [3.8, 4) is 17.0 Å². The van der Waals surface area contributed by atoms with Crippen LogP contribution in [0.5, 0.6) is 5.75 Å². The average Bonchev–Trinajstić information content (AvgIpc) is 3.53. The topological polar surface area (TPSA) is 109 Å². The molecule has 8 nitrogen and oxygen atoms in total. The van der Waals surface area contributed by atoms with Crippen LogP contribution in [0.2, 0.25) is 0 Å². The van der Waals surface area contributed by atoms with E-state index in [1.165, 1.54) is 47.4 Å². The van der Waals surface area contributed by atoms with Crippen molar-refractivity contribution >= 4 is 57.7 Å². The molecule has 0 saturated heterocycles. The molecule has 0 aliphatic heterocycles. The molecular weight excluding hydrogens is 612 g/mol. The maximum absolute atomic E-state index is 14.4. The fourth-order valence-corrected chi connectivity index (χ4v) is 5.56. The second-order valence-electron chi connectivity index (χ2n) is 9.45. The molecule has 0 saturated carbocycles. The molecule has 3 amide bonds. The number of aromatic nitrogens is 1. The molecule has 0 spiro atoms. The number of amides is 3. The molecule has 11 heteroatoms.